The van der Waals surface area contributed by atoms with Gasteiger partial charge in [-0.2, -0.15) is 5.48 Å². The third kappa shape index (κ3) is 6.56. The molecule has 0 bridgehead atoms. The summed E-state index contributed by atoms with van der Waals surface area (Å²) in [5.74, 6) is 0.711. The minimum absolute atomic E-state index is 0.0692. The molecule has 2 aromatic carbocycles. The van der Waals surface area contributed by atoms with Crippen molar-refractivity contribution in [1.29, 1.82) is 0 Å². The van der Waals surface area contributed by atoms with E-state index >= 15 is 0 Å². The molecule has 6 heteroatoms. The Labute approximate surface area is 181 Å². The van der Waals surface area contributed by atoms with Crippen LogP contribution in [0.15, 0.2) is 53.4 Å². The van der Waals surface area contributed by atoms with Crippen LogP contribution in [0, 0.1) is 5.92 Å². The molecule has 0 aliphatic carbocycles. The number of ether oxygens (including phenoxy) is 1. The maximum absolute atomic E-state index is 13.5. The molecule has 0 fully saturated rings. The molecule has 0 radical (unpaired) electrons. The largest absolute Gasteiger partial charge is 0.491 e. The number of benzene rings is 2. The van der Waals surface area contributed by atoms with Gasteiger partial charge in [-0.3, -0.25) is 0 Å². The van der Waals surface area contributed by atoms with Gasteiger partial charge in [-0.05, 0) is 49.4 Å². The maximum atomic E-state index is 13.5. The summed E-state index contributed by atoms with van der Waals surface area (Å²) in [6.45, 7) is 7.96. The second-order valence-corrected chi connectivity index (χ2v) is 10.0. The van der Waals surface area contributed by atoms with Gasteiger partial charge in [0.1, 0.15) is 5.75 Å². The van der Waals surface area contributed by atoms with Crippen molar-refractivity contribution in [2.24, 2.45) is 5.92 Å². The number of hydrogen-bond donors (Lipinski definition) is 2. The molecule has 2 aromatic rings. The Balaban J connectivity index is 2.52. The lowest BCUT2D eigenvalue weighted by atomic mass is 9.99. The van der Waals surface area contributed by atoms with E-state index in [0.29, 0.717) is 11.3 Å². The fourth-order valence-electron chi connectivity index (χ4n) is 3.64. The van der Waals surface area contributed by atoms with Crippen LogP contribution < -0.4 is 10.2 Å². The SMILES string of the molecule is CCCCC(CC)CS(=O)(=O)c1cc(OC(C)C)ccc1C(NO)c1ccccc1. The Morgan fingerprint density at radius 3 is 2.33 bits per heavy atom. The van der Waals surface area contributed by atoms with Crippen LogP contribution >= 0.6 is 0 Å². The summed E-state index contributed by atoms with van der Waals surface area (Å²) in [6, 6.07) is 13.8. The van der Waals surface area contributed by atoms with Crippen molar-refractivity contribution in [2.45, 2.75) is 70.4 Å². The Hall–Kier alpha value is -1.89. The highest BCUT2D eigenvalue weighted by Gasteiger charge is 2.27. The van der Waals surface area contributed by atoms with Crippen molar-refractivity contribution < 1.29 is 18.4 Å². The highest BCUT2D eigenvalue weighted by atomic mass is 32.2. The third-order valence-electron chi connectivity index (χ3n) is 5.26. The fraction of sp³-hybridized carbons (Fsp3) is 0.500. The molecule has 0 heterocycles. The van der Waals surface area contributed by atoms with Crippen LogP contribution in [0.5, 0.6) is 5.75 Å². The van der Waals surface area contributed by atoms with E-state index in [9.17, 15) is 13.6 Å². The highest BCUT2D eigenvalue weighted by molar-refractivity contribution is 7.91. The average Bonchev–Trinajstić information content (AvgIpc) is 2.72. The molecule has 2 rings (SSSR count). The highest BCUT2D eigenvalue weighted by Crippen LogP contribution is 2.33. The first-order chi connectivity index (χ1) is 14.3. The molecule has 0 saturated carbocycles. The molecule has 2 unspecified atom stereocenters. The molecule has 0 amide bonds. The molecule has 0 aromatic heterocycles. The Morgan fingerprint density at radius 2 is 1.77 bits per heavy atom. The van der Waals surface area contributed by atoms with Gasteiger partial charge in [0.05, 0.1) is 22.8 Å². The van der Waals surface area contributed by atoms with E-state index in [4.69, 9.17) is 4.74 Å². The van der Waals surface area contributed by atoms with Crippen LogP contribution in [0.1, 0.15) is 70.5 Å². The predicted molar refractivity (Wildman–Crippen MR) is 121 cm³/mol. The minimum atomic E-state index is -3.59. The van der Waals surface area contributed by atoms with E-state index in [2.05, 4.69) is 12.4 Å². The van der Waals surface area contributed by atoms with Crippen LogP contribution in [-0.4, -0.2) is 25.5 Å². The van der Waals surface area contributed by atoms with Crippen LogP contribution in [0.4, 0.5) is 0 Å². The summed E-state index contributed by atoms with van der Waals surface area (Å²) >= 11 is 0. The summed E-state index contributed by atoms with van der Waals surface area (Å²) in [6.07, 6.45) is 3.70. The van der Waals surface area contributed by atoms with Crippen molar-refractivity contribution in [1.82, 2.24) is 5.48 Å². The van der Waals surface area contributed by atoms with Crippen LogP contribution in [0.2, 0.25) is 0 Å². The van der Waals surface area contributed by atoms with E-state index in [1.165, 1.54) is 0 Å². The number of hydroxylamine groups is 1. The predicted octanol–water partition coefficient (Wildman–Crippen LogP) is 5.53. The van der Waals surface area contributed by atoms with E-state index in [0.717, 1.165) is 31.2 Å². The van der Waals surface area contributed by atoms with Crippen LogP contribution in [-0.2, 0) is 9.84 Å². The van der Waals surface area contributed by atoms with Crippen molar-refractivity contribution in [3.05, 3.63) is 59.7 Å². The van der Waals surface area contributed by atoms with Gasteiger partial charge >= 0.3 is 0 Å². The first-order valence-corrected chi connectivity index (χ1v) is 12.5. The number of rotatable bonds is 12. The molecule has 0 aliphatic heterocycles. The van der Waals surface area contributed by atoms with Gasteiger partial charge in [0, 0.05) is 0 Å². The standard InChI is InChI=1S/C24H35NO4S/c1-5-7-11-19(6-2)17-30(27,28)23-16-21(29-18(3)4)14-15-22(23)24(25-26)20-12-9-8-10-13-20/h8-10,12-16,18-19,24-26H,5-7,11,17H2,1-4H3. The van der Waals surface area contributed by atoms with E-state index in [1.807, 2.05) is 51.1 Å². The minimum Gasteiger partial charge on any atom is -0.491 e. The fourth-order valence-corrected chi connectivity index (χ4v) is 5.68. The van der Waals surface area contributed by atoms with Gasteiger partial charge in [-0.1, -0.05) is 69.5 Å². The number of nitrogens with one attached hydrogen (secondary N) is 1. The van der Waals surface area contributed by atoms with Gasteiger partial charge in [0.2, 0.25) is 0 Å². The number of unbranched alkanes of at least 4 members (excludes halogenated alkanes) is 1. The zero-order chi connectivity index (χ0) is 22.1. The second kappa shape index (κ2) is 11.5. The molecular weight excluding hydrogens is 398 g/mol. The molecule has 2 atom stereocenters. The average molecular weight is 434 g/mol. The van der Waals surface area contributed by atoms with Crippen molar-refractivity contribution in [3.63, 3.8) is 0 Å². The molecule has 2 N–H and O–H groups in total. The topological polar surface area (TPSA) is 75.6 Å². The van der Waals surface area contributed by atoms with Gasteiger partial charge in [0.15, 0.2) is 9.84 Å². The summed E-state index contributed by atoms with van der Waals surface area (Å²) in [4.78, 5) is 0.214. The van der Waals surface area contributed by atoms with Gasteiger partial charge in [0.25, 0.3) is 0 Å². The zero-order valence-corrected chi connectivity index (χ0v) is 19.3. The smallest absolute Gasteiger partial charge is 0.179 e. The quantitative estimate of drug-likeness (QED) is 0.430. The number of sulfone groups is 1. The molecule has 166 valence electrons. The third-order valence-corrected chi connectivity index (χ3v) is 7.20. The van der Waals surface area contributed by atoms with Gasteiger partial charge in [-0.15, -0.1) is 0 Å². The lowest BCUT2D eigenvalue weighted by Gasteiger charge is -2.22. The summed E-state index contributed by atoms with van der Waals surface area (Å²) in [5.41, 5.74) is 3.61. The van der Waals surface area contributed by atoms with Crippen molar-refractivity contribution in [2.75, 3.05) is 5.75 Å². The van der Waals surface area contributed by atoms with Crippen molar-refractivity contribution in [3.8, 4) is 5.75 Å². The molecule has 30 heavy (non-hydrogen) atoms. The maximum Gasteiger partial charge on any atom is 0.179 e. The Kier molecular flexibility index (Phi) is 9.34. The molecule has 0 saturated heterocycles. The first kappa shape index (κ1) is 24.4. The Bertz CT molecular complexity index is 881. The normalized spacial score (nSPS) is 13.9. The number of hydrogen-bond acceptors (Lipinski definition) is 5. The second-order valence-electron chi connectivity index (χ2n) is 8.04. The Morgan fingerprint density at radius 1 is 1.07 bits per heavy atom. The molecular formula is C24H35NO4S. The van der Waals surface area contributed by atoms with Crippen LogP contribution in [0.25, 0.3) is 0 Å². The van der Waals surface area contributed by atoms with Gasteiger partial charge < -0.3 is 9.94 Å². The van der Waals surface area contributed by atoms with Gasteiger partial charge in [-0.25, -0.2) is 8.42 Å². The summed E-state index contributed by atoms with van der Waals surface area (Å²) in [5, 5.41) is 9.91. The van der Waals surface area contributed by atoms with E-state index in [1.54, 1.807) is 18.2 Å². The van der Waals surface area contributed by atoms with E-state index in [-0.39, 0.29) is 22.7 Å². The van der Waals surface area contributed by atoms with Crippen molar-refractivity contribution >= 4 is 9.84 Å². The monoisotopic (exact) mass is 433 g/mol. The lowest BCUT2D eigenvalue weighted by molar-refractivity contribution is 0.140. The molecule has 0 aliphatic rings. The summed E-state index contributed by atoms with van der Waals surface area (Å²) in [7, 11) is -3.59. The molecule has 5 nitrogen and oxygen atoms in total. The lowest BCUT2D eigenvalue weighted by Crippen LogP contribution is -2.23. The zero-order valence-electron chi connectivity index (χ0n) is 18.5. The first-order valence-electron chi connectivity index (χ1n) is 10.8. The molecule has 0 spiro atoms. The van der Waals surface area contributed by atoms with E-state index < -0.39 is 15.9 Å². The summed E-state index contributed by atoms with van der Waals surface area (Å²) < 4.78 is 32.8. The van der Waals surface area contributed by atoms with Crippen LogP contribution in [0.3, 0.4) is 0 Å².